The molecule has 1 heterocycles. The standard InChI is InChI=1S/C23H38N2O2/c1-2-3-4-5-6-7-8-9-10-17-27-22-15-11-14-21(18-22)25-23(26)20-13-12-16-24-19-20/h11,14-15,18,20,24H,2-10,12-13,16-17,19H2,1H3,(H,25,26). The molecule has 1 aliphatic rings. The van der Waals surface area contributed by atoms with Crippen molar-refractivity contribution in [1.29, 1.82) is 0 Å². The second-order valence-electron chi connectivity index (χ2n) is 7.74. The number of ether oxygens (including phenoxy) is 1. The molecule has 0 spiro atoms. The van der Waals surface area contributed by atoms with E-state index in [-0.39, 0.29) is 11.8 Å². The van der Waals surface area contributed by atoms with Gasteiger partial charge in [0.25, 0.3) is 0 Å². The van der Waals surface area contributed by atoms with E-state index in [1.165, 1.54) is 51.4 Å². The zero-order valence-corrected chi connectivity index (χ0v) is 17.1. The van der Waals surface area contributed by atoms with Gasteiger partial charge in [-0.05, 0) is 37.9 Å². The summed E-state index contributed by atoms with van der Waals surface area (Å²) in [7, 11) is 0. The van der Waals surface area contributed by atoms with E-state index < -0.39 is 0 Å². The predicted octanol–water partition coefficient (Wildman–Crippen LogP) is 5.53. The molecular formula is C23H38N2O2. The fourth-order valence-corrected chi connectivity index (χ4v) is 3.59. The van der Waals surface area contributed by atoms with Crippen LogP contribution in [-0.4, -0.2) is 25.6 Å². The van der Waals surface area contributed by atoms with Gasteiger partial charge in [0.1, 0.15) is 5.75 Å². The van der Waals surface area contributed by atoms with Gasteiger partial charge in [-0.1, -0.05) is 64.4 Å². The third-order valence-electron chi connectivity index (χ3n) is 5.29. The Morgan fingerprint density at radius 2 is 1.85 bits per heavy atom. The third-order valence-corrected chi connectivity index (χ3v) is 5.29. The van der Waals surface area contributed by atoms with Crippen LogP contribution in [-0.2, 0) is 4.79 Å². The summed E-state index contributed by atoms with van der Waals surface area (Å²) < 4.78 is 5.87. The lowest BCUT2D eigenvalue weighted by molar-refractivity contribution is -0.120. The van der Waals surface area contributed by atoms with Crippen LogP contribution in [0.15, 0.2) is 24.3 Å². The molecule has 1 aromatic rings. The first-order chi connectivity index (χ1) is 13.3. The highest BCUT2D eigenvalue weighted by Crippen LogP contribution is 2.20. The van der Waals surface area contributed by atoms with Gasteiger partial charge in [-0.3, -0.25) is 4.79 Å². The highest BCUT2D eigenvalue weighted by molar-refractivity contribution is 5.92. The van der Waals surface area contributed by atoms with Crippen molar-refractivity contribution < 1.29 is 9.53 Å². The Hall–Kier alpha value is -1.55. The van der Waals surface area contributed by atoms with E-state index in [9.17, 15) is 4.79 Å². The van der Waals surface area contributed by atoms with Crippen molar-refractivity contribution in [2.45, 2.75) is 77.6 Å². The minimum atomic E-state index is 0.0743. The summed E-state index contributed by atoms with van der Waals surface area (Å²) in [4.78, 5) is 12.3. The molecule has 2 N–H and O–H groups in total. The summed E-state index contributed by atoms with van der Waals surface area (Å²) in [5.74, 6) is 1.03. The molecule has 1 aromatic carbocycles. The summed E-state index contributed by atoms with van der Waals surface area (Å²) in [6.45, 7) is 4.81. The second kappa shape index (κ2) is 13.6. The Labute approximate surface area is 165 Å². The van der Waals surface area contributed by atoms with Crippen molar-refractivity contribution >= 4 is 11.6 Å². The van der Waals surface area contributed by atoms with Gasteiger partial charge in [0.2, 0.25) is 5.91 Å². The topological polar surface area (TPSA) is 50.4 Å². The van der Waals surface area contributed by atoms with E-state index in [0.717, 1.165) is 50.4 Å². The summed E-state index contributed by atoms with van der Waals surface area (Å²) in [6, 6.07) is 7.77. The van der Waals surface area contributed by atoms with Crippen LogP contribution < -0.4 is 15.4 Å². The number of anilines is 1. The van der Waals surface area contributed by atoms with E-state index in [0.29, 0.717) is 0 Å². The molecule has 4 heteroatoms. The number of nitrogens with one attached hydrogen (secondary N) is 2. The number of rotatable bonds is 13. The summed E-state index contributed by atoms with van der Waals surface area (Å²) in [5.41, 5.74) is 0.829. The minimum Gasteiger partial charge on any atom is -0.494 e. The molecule has 27 heavy (non-hydrogen) atoms. The van der Waals surface area contributed by atoms with Gasteiger partial charge in [0, 0.05) is 18.3 Å². The molecule has 0 saturated carbocycles. The number of hydrogen-bond acceptors (Lipinski definition) is 3. The number of carbonyl (C=O) groups is 1. The highest BCUT2D eigenvalue weighted by Gasteiger charge is 2.20. The van der Waals surface area contributed by atoms with Crippen LogP contribution in [0.3, 0.4) is 0 Å². The zero-order chi connectivity index (χ0) is 19.2. The molecule has 4 nitrogen and oxygen atoms in total. The molecule has 0 aromatic heterocycles. The third kappa shape index (κ3) is 9.28. The van der Waals surface area contributed by atoms with Gasteiger partial charge in [-0.25, -0.2) is 0 Å². The lowest BCUT2D eigenvalue weighted by Gasteiger charge is -2.22. The second-order valence-corrected chi connectivity index (χ2v) is 7.74. The Balaban J connectivity index is 1.57. The van der Waals surface area contributed by atoms with E-state index >= 15 is 0 Å². The van der Waals surface area contributed by atoms with Crippen LogP contribution in [0.4, 0.5) is 5.69 Å². The molecule has 0 bridgehead atoms. The van der Waals surface area contributed by atoms with E-state index in [2.05, 4.69) is 17.6 Å². The molecule has 2 rings (SSSR count). The maximum atomic E-state index is 12.3. The van der Waals surface area contributed by atoms with Crippen molar-refractivity contribution in [1.82, 2.24) is 5.32 Å². The predicted molar refractivity (Wildman–Crippen MR) is 113 cm³/mol. The molecule has 1 amide bonds. The Morgan fingerprint density at radius 3 is 2.56 bits per heavy atom. The quantitative estimate of drug-likeness (QED) is 0.446. The van der Waals surface area contributed by atoms with Crippen LogP contribution in [0.5, 0.6) is 5.75 Å². The number of carbonyl (C=O) groups excluding carboxylic acids is 1. The van der Waals surface area contributed by atoms with Crippen molar-refractivity contribution in [2.24, 2.45) is 5.92 Å². The molecule has 1 saturated heterocycles. The first-order valence-electron chi connectivity index (χ1n) is 11.0. The lowest BCUT2D eigenvalue weighted by Crippen LogP contribution is -2.37. The van der Waals surface area contributed by atoms with Crippen LogP contribution in [0.1, 0.15) is 77.6 Å². The monoisotopic (exact) mass is 374 g/mol. The SMILES string of the molecule is CCCCCCCCCCCOc1cccc(NC(=O)C2CCCNC2)c1. The molecule has 1 atom stereocenters. The van der Waals surface area contributed by atoms with E-state index in [1.54, 1.807) is 0 Å². The number of amides is 1. The number of unbranched alkanes of at least 4 members (excludes halogenated alkanes) is 8. The Morgan fingerprint density at radius 1 is 1.11 bits per heavy atom. The Bertz CT molecular complexity index is 527. The average molecular weight is 375 g/mol. The van der Waals surface area contributed by atoms with Crippen molar-refractivity contribution in [3.05, 3.63) is 24.3 Å². The maximum absolute atomic E-state index is 12.3. The van der Waals surface area contributed by atoms with Gasteiger partial charge < -0.3 is 15.4 Å². The van der Waals surface area contributed by atoms with Gasteiger partial charge in [0.15, 0.2) is 0 Å². The molecule has 1 fully saturated rings. The summed E-state index contributed by atoms with van der Waals surface area (Å²) in [5, 5.41) is 6.32. The molecule has 152 valence electrons. The first kappa shape index (κ1) is 21.7. The first-order valence-corrected chi connectivity index (χ1v) is 11.0. The molecule has 1 unspecified atom stereocenters. The fourth-order valence-electron chi connectivity index (χ4n) is 3.59. The van der Waals surface area contributed by atoms with Gasteiger partial charge in [0.05, 0.1) is 12.5 Å². The highest BCUT2D eigenvalue weighted by atomic mass is 16.5. The summed E-state index contributed by atoms with van der Waals surface area (Å²) in [6.07, 6.45) is 13.9. The number of hydrogen-bond donors (Lipinski definition) is 2. The fraction of sp³-hybridized carbons (Fsp3) is 0.696. The van der Waals surface area contributed by atoms with Crippen LogP contribution in [0, 0.1) is 5.92 Å². The van der Waals surface area contributed by atoms with Gasteiger partial charge in [-0.15, -0.1) is 0 Å². The van der Waals surface area contributed by atoms with E-state index in [4.69, 9.17) is 4.74 Å². The zero-order valence-electron chi connectivity index (χ0n) is 17.1. The number of piperidine rings is 1. The van der Waals surface area contributed by atoms with Crippen molar-refractivity contribution in [3.63, 3.8) is 0 Å². The van der Waals surface area contributed by atoms with Crippen LogP contribution >= 0.6 is 0 Å². The molecule has 1 aliphatic heterocycles. The van der Waals surface area contributed by atoms with Gasteiger partial charge in [-0.2, -0.15) is 0 Å². The normalized spacial score (nSPS) is 16.9. The van der Waals surface area contributed by atoms with E-state index in [1.807, 2.05) is 24.3 Å². The average Bonchev–Trinajstić information content (AvgIpc) is 2.70. The Kier molecular flexibility index (Phi) is 10.9. The molecular weight excluding hydrogens is 336 g/mol. The largest absolute Gasteiger partial charge is 0.494 e. The lowest BCUT2D eigenvalue weighted by atomic mass is 9.99. The molecule has 0 aliphatic carbocycles. The van der Waals surface area contributed by atoms with Gasteiger partial charge >= 0.3 is 0 Å². The smallest absolute Gasteiger partial charge is 0.228 e. The number of benzene rings is 1. The maximum Gasteiger partial charge on any atom is 0.228 e. The van der Waals surface area contributed by atoms with Crippen molar-refractivity contribution in [3.8, 4) is 5.75 Å². The van der Waals surface area contributed by atoms with Crippen LogP contribution in [0.25, 0.3) is 0 Å². The molecule has 0 radical (unpaired) electrons. The van der Waals surface area contributed by atoms with Crippen LogP contribution in [0.2, 0.25) is 0 Å². The minimum absolute atomic E-state index is 0.0743. The van der Waals surface area contributed by atoms with Crippen molar-refractivity contribution in [2.75, 3.05) is 25.0 Å². The summed E-state index contributed by atoms with van der Waals surface area (Å²) >= 11 is 0.